The number of halogens is 2. The number of hydrogen-bond acceptors (Lipinski definition) is 5. The van der Waals surface area contributed by atoms with Gasteiger partial charge in [-0.2, -0.15) is 0 Å². The van der Waals surface area contributed by atoms with Crippen molar-refractivity contribution in [3.63, 3.8) is 0 Å². The van der Waals surface area contributed by atoms with E-state index in [0.717, 1.165) is 12.1 Å². The van der Waals surface area contributed by atoms with Crippen LogP contribution >= 0.6 is 23.2 Å². The fourth-order valence-electron chi connectivity index (χ4n) is 1.67. The molecule has 2 N–H and O–H groups in total. The molecule has 0 aliphatic heterocycles. The molecule has 0 heterocycles. The van der Waals surface area contributed by atoms with Gasteiger partial charge in [0.25, 0.3) is 5.69 Å². The van der Waals surface area contributed by atoms with Crippen molar-refractivity contribution in [1.82, 2.24) is 0 Å². The van der Waals surface area contributed by atoms with Crippen molar-refractivity contribution in [2.75, 3.05) is 19.0 Å². The summed E-state index contributed by atoms with van der Waals surface area (Å²) in [5.74, 6) is -1.07. The second-order valence-electron chi connectivity index (χ2n) is 4.21. The highest BCUT2D eigenvalue weighted by molar-refractivity contribution is 6.39. The van der Waals surface area contributed by atoms with Gasteiger partial charge in [0, 0.05) is 25.8 Å². The Kier molecular flexibility index (Phi) is 6.67. The monoisotopic (exact) mass is 336 g/mol. The first-order valence-corrected chi connectivity index (χ1v) is 6.74. The van der Waals surface area contributed by atoms with E-state index < -0.39 is 16.9 Å². The maximum atomic E-state index is 11.2. The highest BCUT2D eigenvalue weighted by atomic mass is 35.5. The lowest BCUT2D eigenvalue weighted by Gasteiger charge is -2.17. The number of ether oxygens (including phenoxy) is 1. The number of nitro groups is 1. The minimum Gasteiger partial charge on any atom is -0.480 e. The number of nitro benzene ring substituents is 1. The zero-order valence-corrected chi connectivity index (χ0v) is 12.6. The molecule has 21 heavy (non-hydrogen) atoms. The average Bonchev–Trinajstić information content (AvgIpc) is 2.40. The minimum absolute atomic E-state index is 0.00723. The molecule has 1 aromatic rings. The van der Waals surface area contributed by atoms with Gasteiger partial charge in [-0.1, -0.05) is 23.2 Å². The Hall–Kier alpha value is -1.57. The Morgan fingerprint density at radius 1 is 1.48 bits per heavy atom. The van der Waals surface area contributed by atoms with Crippen molar-refractivity contribution in [2.24, 2.45) is 0 Å². The van der Waals surface area contributed by atoms with Crippen molar-refractivity contribution in [1.29, 1.82) is 0 Å². The highest BCUT2D eigenvalue weighted by Gasteiger charge is 2.21. The molecule has 0 bridgehead atoms. The quantitative estimate of drug-likeness (QED) is 0.429. The smallest absolute Gasteiger partial charge is 0.326 e. The fourth-order valence-corrected chi connectivity index (χ4v) is 2.25. The summed E-state index contributed by atoms with van der Waals surface area (Å²) >= 11 is 11.8. The van der Waals surface area contributed by atoms with Crippen LogP contribution in [0.2, 0.25) is 10.0 Å². The van der Waals surface area contributed by atoms with Gasteiger partial charge in [-0.3, -0.25) is 10.1 Å². The van der Waals surface area contributed by atoms with E-state index in [1.54, 1.807) is 0 Å². The topological polar surface area (TPSA) is 102 Å². The molecule has 9 heteroatoms. The lowest BCUT2D eigenvalue weighted by atomic mass is 10.1. The van der Waals surface area contributed by atoms with Crippen molar-refractivity contribution in [2.45, 2.75) is 18.9 Å². The van der Waals surface area contributed by atoms with E-state index >= 15 is 0 Å². The first kappa shape index (κ1) is 17.5. The van der Waals surface area contributed by atoms with E-state index in [1.807, 2.05) is 0 Å². The summed E-state index contributed by atoms with van der Waals surface area (Å²) in [6, 6.07) is 1.31. The molecule has 0 aromatic heterocycles. The molecular weight excluding hydrogens is 323 g/mol. The van der Waals surface area contributed by atoms with Gasteiger partial charge < -0.3 is 15.2 Å². The highest BCUT2D eigenvalue weighted by Crippen LogP contribution is 2.35. The summed E-state index contributed by atoms with van der Waals surface area (Å²) in [5.41, 5.74) is -0.101. The van der Waals surface area contributed by atoms with Crippen LogP contribution < -0.4 is 5.32 Å². The Labute approximate surface area is 130 Å². The van der Waals surface area contributed by atoms with E-state index in [2.05, 4.69) is 5.32 Å². The number of benzene rings is 1. The molecule has 116 valence electrons. The summed E-state index contributed by atoms with van der Waals surface area (Å²) < 4.78 is 4.86. The summed E-state index contributed by atoms with van der Waals surface area (Å²) in [6.07, 6.45) is 0.829. The molecule has 0 aliphatic carbocycles. The van der Waals surface area contributed by atoms with E-state index in [-0.39, 0.29) is 21.4 Å². The zero-order valence-electron chi connectivity index (χ0n) is 11.1. The molecule has 0 saturated heterocycles. The van der Waals surface area contributed by atoms with Gasteiger partial charge in [-0.05, 0) is 12.8 Å². The minimum atomic E-state index is -1.07. The van der Waals surface area contributed by atoms with Crippen molar-refractivity contribution in [3.05, 3.63) is 32.3 Å². The molecule has 1 unspecified atom stereocenters. The number of nitrogens with one attached hydrogen (secondary N) is 1. The zero-order chi connectivity index (χ0) is 16.0. The van der Waals surface area contributed by atoms with Gasteiger partial charge in [-0.15, -0.1) is 0 Å². The largest absolute Gasteiger partial charge is 0.480 e. The Morgan fingerprint density at radius 3 is 2.48 bits per heavy atom. The number of methoxy groups -OCH3 is 1. The Balaban J connectivity index is 2.93. The number of hydrogen-bond donors (Lipinski definition) is 2. The van der Waals surface area contributed by atoms with Crippen LogP contribution in [-0.2, 0) is 9.53 Å². The molecule has 1 rings (SSSR count). The normalized spacial score (nSPS) is 12.0. The van der Waals surface area contributed by atoms with Crippen LogP contribution in [0.5, 0.6) is 0 Å². The van der Waals surface area contributed by atoms with Crippen molar-refractivity contribution >= 4 is 40.5 Å². The number of aliphatic carboxylic acids is 1. The van der Waals surface area contributed by atoms with Gasteiger partial charge in [-0.25, -0.2) is 4.79 Å². The van der Waals surface area contributed by atoms with Crippen molar-refractivity contribution in [3.8, 4) is 0 Å². The number of non-ortho nitro benzene ring substituents is 1. The Morgan fingerprint density at radius 2 is 2.05 bits per heavy atom. The van der Waals surface area contributed by atoms with E-state index in [0.29, 0.717) is 19.4 Å². The van der Waals surface area contributed by atoms with Gasteiger partial charge in [0.15, 0.2) is 0 Å². The van der Waals surface area contributed by atoms with Crippen LogP contribution in [0.15, 0.2) is 12.1 Å². The van der Waals surface area contributed by atoms with Crippen molar-refractivity contribution < 1.29 is 19.6 Å². The first-order chi connectivity index (χ1) is 9.86. The summed E-state index contributed by atoms with van der Waals surface area (Å²) in [7, 11) is 1.52. The van der Waals surface area contributed by atoms with Crippen LogP contribution in [0.4, 0.5) is 11.4 Å². The Bertz CT molecular complexity index is 515. The fraction of sp³-hybridized carbons (Fsp3) is 0.417. The third kappa shape index (κ3) is 5.04. The predicted octanol–water partition coefficient (Wildman–Crippen LogP) is 3.19. The predicted molar refractivity (Wildman–Crippen MR) is 79.3 cm³/mol. The first-order valence-electron chi connectivity index (χ1n) is 5.98. The molecule has 0 radical (unpaired) electrons. The maximum Gasteiger partial charge on any atom is 0.326 e. The number of anilines is 1. The number of carbonyl (C=O) groups is 1. The van der Waals surface area contributed by atoms with Crippen LogP contribution in [0.25, 0.3) is 0 Å². The lowest BCUT2D eigenvalue weighted by Crippen LogP contribution is -2.29. The molecule has 0 aliphatic rings. The van der Waals surface area contributed by atoms with E-state index in [4.69, 9.17) is 33.0 Å². The average molecular weight is 337 g/mol. The number of rotatable bonds is 8. The molecule has 0 saturated carbocycles. The summed E-state index contributed by atoms with van der Waals surface area (Å²) in [4.78, 5) is 21.2. The number of carboxylic acid groups (broad SMARTS) is 1. The third-order valence-corrected chi connectivity index (χ3v) is 3.29. The second kappa shape index (κ2) is 8.02. The van der Waals surface area contributed by atoms with Gasteiger partial charge in [0.2, 0.25) is 0 Å². The summed E-state index contributed by atoms with van der Waals surface area (Å²) in [6.45, 7) is 0.424. The molecule has 0 fully saturated rings. The standard InChI is InChI=1S/C12H14Cl2N2O5/c1-21-4-2-3-10(12(17)18)15-11-8(13)5-7(16(19)20)6-9(11)14/h5-6,10,15H,2-4H2,1H3,(H,17,18). The van der Waals surface area contributed by atoms with Crippen LogP contribution in [-0.4, -0.2) is 35.8 Å². The van der Waals surface area contributed by atoms with E-state index in [1.165, 1.54) is 7.11 Å². The van der Waals surface area contributed by atoms with Crippen LogP contribution in [0, 0.1) is 10.1 Å². The van der Waals surface area contributed by atoms with Crippen LogP contribution in [0.3, 0.4) is 0 Å². The maximum absolute atomic E-state index is 11.2. The van der Waals surface area contributed by atoms with E-state index in [9.17, 15) is 14.9 Å². The summed E-state index contributed by atoms with van der Waals surface area (Å²) in [5, 5.41) is 22.5. The number of nitrogens with zero attached hydrogens (tertiary/aromatic N) is 1. The molecule has 0 amide bonds. The number of carboxylic acids is 1. The molecule has 1 aromatic carbocycles. The molecule has 0 spiro atoms. The molecule has 1 atom stereocenters. The lowest BCUT2D eigenvalue weighted by molar-refractivity contribution is -0.384. The second-order valence-corrected chi connectivity index (χ2v) is 5.03. The van der Waals surface area contributed by atoms with Gasteiger partial charge in [0.05, 0.1) is 20.7 Å². The van der Waals surface area contributed by atoms with Crippen LogP contribution in [0.1, 0.15) is 12.8 Å². The molecule has 7 nitrogen and oxygen atoms in total. The SMILES string of the molecule is COCCCC(Nc1c(Cl)cc([N+](=O)[O-])cc1Cl)C(=O)O. The molecular formula is C12H14Cl2N2O5. The van der Waals surface area contributed by atoms with Gasteiger partial charge in [0.1, 0.15) is 6.04 Å². The third-order valence-electron chi connectivity index (χ3n) is 2.70. The van der Waals surface area contributed by atoms with Gasteiger partial charge >= 0.3 is 5.97 Å².